The SMILES string of the molecule is O=C(c1ccncc1)N1CCCC(C(=O)N2CCC(N3CCNCC3)C2)C1. The summed E-state index contributed by atoms with van der Waals surface area (Å²) in [5.41, 5.74) is 0.651. The first kappa shape index (κ1) is 18.4. The van der Waals surface area contributed by atoms with E-state index in [9.17, 15) is 9.59 Å². The molecule has 3 saturated heterocycles. The fraction of sp³-hybridized carbons (Fsp3) is 0.650. The predicted molar refractivity (Wildman–Crippen MR) is 102 cm³/mol. The molecule has 2 unspecified atom stereocenters. The Hall–Kier alpha value is -1.99. The fourth-order valence-electron chi connectivity index (χ4n) is 4.59. The molecular formula is C20H29N5O2. The minimum Gasteiger partial charge on any atom is -0.341 e. The van der Waals surface area contributed by atoms with E-state index >= 15 is 0 Å². The second-order valence-corrected chi connectivity index (χ2v) is 7.84. The molecule has 0 aromatic carbocycles. The van der Waals surface area contributed by atoms with Crippen LogP contribution in [-0.2, 0) is 4.79 Å². The summed E-state index contributed by atoms with van der Waals surface area (Å²) >= 11 is 0. The minimum absolute atomic E-state index is 0.00927. The van der Waals surface area contributed by atoms with Gasteiger partial charge < -0.3 is 15.1 Å². The van der Waals surface area contributed by atoms with Crippen LogP contribution < -0.4 is 5.32 Å². The lowest BCUT2D eigenvalue weighted by Gasteiger charge is -2.35. The first-order valence-electron chi connectivity index (χ1n) is 10.2. The number of nitrogens with zero attached hydrogens (tertiary/aromatic N) is 4. The first-order valence-corrected chi connectivity index (χ1v) is 10.2. The molecule has 2 atom stereocenters. The van der Waals surface area contributed by atoms with Gasteiger partial charge in [-0.25, -0.2) is 0 Å². The van der Waals surface area contributed by atoms with Crippen LogP contribution in [0.3, 0.4) is 0 Å². The minimum atomic E-state index is -0.0636. The molecule has 1 aromatic heterocycles. The molecule has 27 heavy (non-hydrogen) atoms. The summed E-state index contributed by atoms with van der Waals surface area (Å²) < 4.78 is 0. The van der Waals surface area contributed by atoms with Gasteiger partial charge in [0.1, 0.15) is 0 Å². The summed E-state index contributed by atoms with van der Waals surface area (Å²) in [5.74, 6) is 0.182. The molecule has 2 amide bonds. The quantitative estimate of drug-likeness (QED) is 0.835. The monoisotopic (exact) mass is 371 g/mol. The molecule has 7 heteroatoms. The molecular weight excluding hydrogens is 342 g/mol. The third-order valence-electron chi connectivity index (χ3n) is 6.13. The summed E-state index contributed by atoms with van der Waals surface area (Å²) in [5, 5.41) is 3.39. The van der Waals surface area contributed by atoms with Crippen LogP contribution in [0.4, 0.5) is 0 Å². The van der Waals surface area contributed by atoms with E-state index in [0.717, 1.165) is 65.1 Å². The molecule has 146 valence electrons. The van der Waals surface area contributed by atoms with Crippen molar-refractivity contribution in [1.82, 2.24) is 25.0 Å². The highest BCUT2D eigenvalue weighted by atomic mass is 16.2. The van der Waals surface area contributed by atoms with Crippen LogP contribution >= 0.6 is 0 Å². The van der Waals surface area contributed by atoms with Crippen LogP contribution in [0.25, 0.3) is 0 Å². The maximum atomic E-state index is 13.1. The van der Waals surface area contributed by atoms with Gasteiger partial charge in [0.25, 0.3) is 5.91 Å². The van der Waals surface area contributed by atoms with Gasteiger partial charge in [-0.05, 0) is 31.4 Å². The summed E-state index contributed by atoms with van der Waals surface area (Å²) in [7, 11) is 0. The first-order chi connectivity index (χ1) is 13.2. The standard InChI is InChI=1S/C20H29N5O2/c26-19(16-3-6-21-7-4-16)24-10-1-2-17(14-24)20(27)25-11-5-18(15-25)23-12-8-22-9-13-23/h3-4,6-7,17-18,22H,1-2,5,8-15H2. The lowest BCUT2D eigenvalue weighted by molar-refractivity contribution is -0.136. The number of hydrogen-bond donors (Lipinski definition) is 1. The van der Waals surface area contributed by atoms with Crippen molar-refractivity contribution in [1.29, 1.82) is 0 Å². The Bertz CT molecular complexity index is 662. The molecule has 0 bridgehead atoms. The number of piperidine rings is 1. The van der Waals surface area contributed by atoms with Gasteiger partial charge in [0, 0.05) is 76.4 Å². The topological polar surface area (TPSA) is 68.8 Å². The van der Waals surface area contributed by atoms with Gasteiger partial charge in [-0.15, -0.1) is 0 Å². The van der Waals surface area contributed by atoms with Crippen molar-refractivity contribution in [2.24, 2.45) is 5.92 Å². The van der Waals surface area contributed by atoms with E-state index < -0.39 is 0 Å². The second-order valence-electron chi connectivity index (χ2n) is 7.84. The van der Waals surface area contributed by atoms with Crippen molar-refractivity contribution >= 4 is 11.8 Å². The molecule has 7 nitrogen and oxygen atoms in total. The Labute approximate surface area is 160 Å². The van der Waals surface area contributed by atoms with Crippen molar-refractivity contribution in [2.75, 3.05) is 52.4 Å². The molecule has 3 aliphatic rings. The van der Waals surface area contributed by atoms with Crippen LogP contribution in [0.2, 0.25) is 0 Å². The number of hydrogen-bond acceptors (Lipinski definition) is 5. The zero-order chi connectivity index (χ0) is 18.6. The largest absolute Gasteiger partial charge is 0.341 e. The van der Waals surface area contributed by atoms with Crippen LogP contribution in [-0.4, -0.2) is 89.9 Å². The number of carbonyl (C=O) groups is 2. The third-order valence-corrected chi connectivity index (χ3v) is 6.13. The number of amides is 2. The number of carbonyl (C=O) groups excluding carboxylic acids is 2. The van der Waals surface area contributed by atoms with Gasteiger partial charge in [0.2, 0.25) is 5.91 Å². The number of nitrogens with one attached hydrogen (secondary N) is 1. The number of pyridine rings is 1. The fourth-order valence-corrected chi connectivity index (χ4v) is 4.59. The van der Waals surface area contributed by atoms with E-state index in [1.807, 2.05) is 9.80 Å². The smallest absolute Gasteiger partial charge is 0.253 e. The van der Waals surface area contributed by atoms with E-state index in [4.69, 9.17) is 0 Å². The highest BCUT2D eigenvalue weighted by Gasteiger charge is 2.36. The Morgan fingerprint density at radius 1 is 0.963 bits per heavy atom. The lowest BCUT2D eigenvalue weighted by atomic mass is 9.96. The molecule has 3 fully saturated rings. The Balaban J connectivity index is 1.34. The van der Waals surface area contributed by atoms with Crippen LogP contribution in [0, 0.1) is 5.92 Å². The average Bonchev–Trinajstić information content (AvgIpc) is 3.24. The van der Waals surface area contributed by atoms with Gasteiger partial charge in [-0.1, -0.05) is 0 Å². The highest BCUT2D eigenvalue weighted by Crippen LogP contribution is 2.24. The number of piperazine rings is 1. The molecule has 0 spiro atoms. The van der Waals surface area contributed by atoms with E-state index in [1.54, 1.807) is 24.5 Å². The lowest BCUT2D eigenvalue weighted by Crippen LogP contribution is -2.50. The number of likely N-dealkylation sites (tertiary alicyclic amines) is 2. The zero-order valence-corrected chi connectivity index (χ0v) is 15.8. The Morgan fingerprint density at radius 2 is 1.74 bits per heavy atom. The molecule has 0 radical (unpaired) electrons. The highest BCUT2D eigenvalue weighted by molar-refractivity contribution is 5.94. The second kappa shape index (κ2) is 8.35. The van der Waals surface area contributed by atoms with Crippen molar-refractivity contribution < 1.29 is 9.59 Å². The number of rotatable bonds is 3. The van der Waals surface area contributed by atoms with E-state index in [1.165, 1.54) is 0 Å². The molecule has 1 N–H and O–H groups in total. The Kier molecular flexibility index (Phi) is 5.69. The Morgan fingerprint density at radius 3 is 2.52 bits per heavy atom. The van der Waals surface area contributed by atoms with Crippen molar-refractivity contribution in [3.63, 3.8) is 0 Å². The normalized spacial score (nSPS) is 27.0. The molecule has 0 saturated carbocycles. The average molecular weight is 371 g/mol. The number of aromatic nitrogens is 1. The van der Waals surface area contributed by atoms with E-state index in [-0.39, 0.29) is 17.7 Å². The molecule has 1 aromatic rings. The van der Waals surface area contributed by atoms with Gasteiger partial charge >= 0.3 is 0 Å². The summed E-state index contributed by atoms with van der Waals surface area (Å²) in [6.07, 6.45) is 6.12. The van der Waals surface area contributed by atoms with Crippen molar-refractivity contribution in [2.45, 2.75) is 25.3 Å². The molecule has 4 heterocycles. The van der Waals surface area contributed by atoms with E-state index in [0.29, 0.717) is 18.2 Å². The van der Waals surface area contributed by atoms with Crippen LogP contribution in [0.1, 0.15) is 29.6 Å². The predicted octanol–water partition coefficient (Wildman–Crippen LogP) is 0.440. The van der Waals surface area contributed by atoms with Crippen LogP contribution in [0.15, 0.2) is 24.5 Å². The van der Waals surface area contributed by atoms with Gasteiger partial charge in [0.15, 0.2) is 0 Å². The van der Waals surface area contributed by atoms with Gasteiger partial charge in [-0.3, -0.25) is 19.5 Å². The van der Waals surface area contributed by atoms with Gasteiger partial charge in [-0.2, -0.15) is 0 Å². The molecule has 4 rings (SSSR count). The maximum Gasteiger partial charge on any atom is 0.253 e. The van der Waals surface area contributed by atoms with Crippen molar-refractivity contribution in [3.8, 4) is 0 Å². The summed E-state index contributed by atoms with van der Waals surface area (Å²) in [6.45, 7) is 7.19. The maximum absolute atomic E-state index is 13.1. The van der Waals surface area contributed by atoms with Gasteiger partial charge in [0.05, 0.1) is 5.92 Å². The molecule has 3 aliphatic heterocycles. The summed E-state index contributed by atoms with van der Waals surface area (Å²) in [6, 6.07) is 3.98. The van der Waals surface area contributed by atoms with E-state index in [2.05, 4.69) is 15.2 Å². The zero-order valence-electron chi connectivity index (χ0n) is 15.8. The van der Waals surface area contributed by atoms with Crippen LogP contribution in [0.5, 0.6) is 0 Å². The molecule has 0 aliphatic carbocycles. The van der Waals surface area contributed by atoms with Crippen molar-refractivity contribution in [3.05, 3.63) is 30.1 Å². The summed E-state index contributed by atoms with van der Waals surface area (Å²) in [4.78, 5) is 36.2. The third kappa shape index (κ3) is 4.14.